The number of aromatic nitrogens is 1. The quantitative estimate of drug-likeness (QED) is 0.820. The van der Waals surface area contributed by atoms with E-state index >= 15 is 0 Å². The minimum Gasteiger partial charge on any atom is -0.481 e. The second kappa shape index (κ2) is 6.99. The fourth-order valence-corrected chi connectivity index (χ4v) is 2.39. The summed E-state index contributed by atoms with van der Waals surface area (Å²) in [6.45, 7) is 2.62. The van der Waals surface area contributed by atoms with Crippen LogP contribution in [0.2, 0.25) is 0 Å². The summed E-state index contributed by atoms with van der Waals surface area (Å²) < 4.78 is 0. The molecule has 1 aromatic carbocycles. The van der Waals surface area contributed by atoms with Crippen LogP contribution in [0.5, 0.6) is 0 Å². The number of carboxylic acids is 1. The number of nitrogens with zero attached hydrogens (tertiary/aromatic N) is 1. The minimum absolute atomic E-state index is 0.0213. The number of hydrogen-bond donors (Lipinski definition) is 2. The van der Waals surface area contributed by atoms with Gasteiger partial charge in [-0.15, -0.1) is 0 Å². The summed E-state index contributed by atoms with van der Waals surface area (Å²) in [6.07, 6.45) is 4.29. The first kappa shape index (κ1) is 15.2. The predicted octanol–water partition coefficient (Wildman–Crippen LogP) is 2.60. The molecule has 0 aliphatic heterocycles. The molecular formula is C17H20N2O2. The van der Waals surface area contributed by atoms with Crippen LogP contribution in [-0.4, -0.2) is 22.6 Å². The van der Waals surface area contributed by atoms with Crippen LogP contribution in [0, 0.1) is 0 Å². The SMILES string of the molecule is CC(CC(=O)O)(NCCc1ccccc1)c1cccnc1. The molecule has 0 bridgehead atoms. The van der Waals surface area contributed by atoms with Crippen LogP contribution in [0.1, 0.15) is 24.5 Å². The Hall–Kier alpha value is -2.20. The zero-order valence-corrected chi connectivity index (χ0v) is 12.1. The summed E-state index contributed by atoms with van der Waals surface area (Å²) in [5.41, 5.74) is 1.50. The lowest BCUT2D eigenvalue weighted by Gasteiger charge is -2.30. The van der Waals surface area contributed by atoms with Crippen molar-refractivity contribution in [1.82, 2.24) is 10.3 Å². The largest absolute Gasteiger partial charge is 0.481 e. The lowest BCUT2D eigenvalue weighted by molar-refractivity contribution is -0.138. The van der Waals surface area contributed by atoms with E-state index in [9.17, 15) is 4.79 Å². The number of nitrogens with one attached hydrogen (secondary N) is 1. The number of carboxylic acid groups (broad SMARTS) is 1. The van der Waals surface area contributed by atoms with Gasteiger partial charge in [0.15, 0.2) is 0 Å². The Labute approximate surface area is 124 Å². The fraction of sp³-hybridized carbons (Fsp3) is 0.294. The molecule has 0 saturated carbocycles. The molecular weight excluding hydrogens is 264 g/mol. The highest BCUT2D eigenvalue weighted by molar-refractivity contribution is 5.68. The van der Waals surface area contributed by atoms with E-state index in [0.717, 1.165) is 12.0 Å². The van der Waals surface area contributed by atoms with Gasteiger partial charge in [-0.2, -0.15) is 0 Å². The summed E-state index contributed by atoms with van der Waals surface area (Å²) in [6, 6.07) is 13.9. The number of rotatable bonds is 7. The summed E-state index contributed by atoms with van der Waals surface area (Å²) >= 11 is 0. The first-order chi connectivity index (χ1) is 10.1. The van der Waals surface area contributed by atoms with Crippen LogP contribution in [-0.2, 0) is 16.8 Å². The van der Waals surface area contributed by atoms with Crippen LogP contribution < -0.4 is 5.32 Å². The average Bonchev–Trinajstić information content (AvgIpc) is 2.48. The third-order valence-electron chi connectivity index (χ3n) is 3.58. The van der Waals surface area contributed by atoms with Gasteiger partial charge < -0.3 is 10.4 Å². The van der Waals surface area contributed by atoms with E-state index in [2.05, 4.69) is 22.4 Å². The third-order valence-corrected chi connectivity index (χ3v) is 3.58. The van der Waals surface area contributed by atoms with Crippen molar-refractivity contribution in [1.29, 1.82) is 0 Å². The number of carbonyl (C=O) groups is 1. The predicted molar refractivity (Wildman–Crippen MR) is 82.0 cm³/mol. The maximum Gasteiger partial charge on any atom is 0.305 e. The highest BCUT2D eigenvalue weighted by Gasteiger charge is 2.29. The van der Waals surface area contributed by atoms with E-state index in [1.165, 1.54) is 5.56 Å². The topological polar surface area (TPSA) is 62.2 Å². The van der Waals surface area contributed by atoms with Crippen molar-refractivity contribution in [2.45, 2.75) is 25.3 Å². The standard InChI is InChI=1S/C17H20N2O2/c1-17(12-16(20)21,15-8-5-10-18-13-15)19-11-9-14-6-3-2-4-7-14/h2-8,10,13,19H,9,11-12H2,1H3,(H,20,21). The Morgan fingerprint density at radius 3 is 2.62 bits per heavy atom. The van der Waals surface area contributed by atoms with Crippen molar-refractivity contribution in [3.05, 3.63) is 66.0 Å². The van der Waals surface area contributed by atoms with Crippen molar-refractivity contribution in [3.8, 4) is 0 Å². The van der Waals surface area contributed by atoms with Gasteiger partial charge in [-0.05, 0) is 30.5 Å². The monoisotopic (exact) mass is 284 g/mol. The number of benzene rings is 1. The first-order valence-electron chi connectivity index (χ1n) is 7.01. The van der Waals surface area contributed by atoms with E-state index in [4.69, 9.17) is 5.11 Å². The van der Waals surface area contributed by atoms with Crippen LogP contribution in [0.4, 0.5) is 0 Å². The molecule has 2 aromatic rings. The second-order valence-corrected chi connectivity index (χ2v) is 5.31. The smallest absolute Gasteiger partial charge is 0.305 e. The molecule has 2 rings (SSSR count). The molecule has 0 fully saturated rings. The molecule has 0 spiro atoms. The Morgan fingerprint density at radius 1 is 1.24 bits per heavy atom. The average molecular weight is 284 g/mol. The van der Waals surface area contributed by atoms with E-state index in [0.29, 0.717) is 6.54 Å². The van der Waals surface area contributed by atoms with E-state index in [1.54, 1.807) is 12.4 Å². The lowest BCUT2D eigenvalue weighted by atomic mass is 9.89. The van der Waals surface area contributed by atoms with Gasteiger partial charge in [-0.1, -0.05) is 36.4 Å². The van der Waals surface area contributed by atoms with Gasteiger partial charge in [-0.25, -0.2) is 0 Å². The molecule has 0 saturated heterocycles. The van der Waals surface area contributed by atoms with E-state index < -0.39 is 11.5 Å². The van der Waals surface area contributed by atoms with Gasteiger partial charge in [0.2, 0.25) is 0 Å². The van der Waals surface area contributed by atoms with Crippen LogP contribution in [0.25, 0.3) is 0 Å². The van der Waals surface area contributed by atoms with Crippen LogP contribution >= 0.6 is 0 Å². The molecule has 1 unspecified atom stereocenters. The van der Waals surface area contributed by atoms with Crippen molar-refractivity contribution < 1.29 is 9.90 Å². The summed E-state index contributed by atoms with van der Waals surface area (Å²) in [5, 5.41) is 12.5. The normalized spacial score (nSPS) is 13.6. The van der Waals surface area contributed by atoms with Crippen molar-refractivity contribution in [2.24, 2.45) is 0 Å². The van der Waals surface area contributed by atoms with Gasteiger partial charge in [0, 0.05) is 18.9 Å². The maximum atomic E-state index is 11.2. The van der Waals surface area contributed by atoms with Gasteiger partial charge in [-0.3, -0.25) is 9.78 Å². The zero-order valence-electron chi connectivity index (χ0n) is 12.1. The summed E-state index contributed by atoms with van der Waals surface area (Å²) in [7, 11) is 0. The molecule has 4 heteroatoms. The Balaban J connectivity index is 2.05. The minimum atomic E-state index is -0.825. The summed E-state index contributed by atoms with van der Waals surface area (Å²) in [4.78, 5) is 15.3. The van der Waals surface area contributed by atoms with Gasteiger partial charge in [0.05, 0.1) is 12.0 Å². The Bertz CT molecular complexity index is 572. The van der Waals surface area contributed by atoms with E-state index in [1.807, 2.05) is 37.3 Å². The fourth-order valence-electron chi connectivity index (χ4n) is 2.39. The first-order valence-corrected chi connectivity index (χ1v) is 7.01. The molecule has 2 N–H and O–H groups in total. The van der Waals surface area contributed by atoms with Crippen molar-refractivity contribution in [3.63, 3.8) is 0 Å². The number of aliphatic carboxylic acids is 1. The lowest BCUT2D eigenvalue weighted by Crippen LogP contribution is -2.42. The molecule has 21 heavy (non-hydrogen) atoms. The third kappa shape index (κ3) is 4.39. The van der Waals surface area contributed by atoms with Gasteiger partial charge in [0.25, 0.3) is 0 Å². The Morgan fingerprint density at radius 2 is 2.00 bits per heavy atom. The molecule has 0 aliphatic carbocycles. The highest BCUT2D eigenvalue weighted by Crippen LogP contribution is 2.23. The zero-order chi connectivity index (χ0) is 15.1. The molecule has 110 valence electrons. The summed E-state index contributed by atoms with van der Waals surface area (Å²) in [5.74, 6) is -0.825. The molecule has 4 nitrogen and oxygen atoms in total. The van der Waals surface area contributed by atoms with Crippen molar-refractivity contribution in [2.75, 3.05) is 6.54 Å². The maximum absolute atomic E-state index is 11.2. The highest BCUT2D eigenvalue weighted by atomic mass is 16.4. The van der Waals surface area contributed by atoms with E-state index in [-0.39, 0.29) is 6.42 Å². The molecule has 0 amide bonds. The van der Waals surface area contributed by atoms with Crippen LogP contribution in [0.3, 0.4) is 0 Å². The van der Waals surface area contributed by atoms with Gasteiger partial charge >= 0.3 is 5.97 Å². The molecule has 0 aliphatic rings. The van der Waals surface area contributed by atoms with Crippen molar-refractivity contribution >= 4 is 5.97 Å². The Kier molecular flexibility index (Phi) is 5.06. The molecule has 1 heterocycles. The number of pyridine rings is 1. The molecule has 1 aromatic heterocycles. The molecule has 0 radical (unpaired) electrons. The molecule has 1 atom stereocenters. The van der Waals surface area contributed by atoms with Gasteiger partial charge in [0.1, 0.15) is 0 Å². The van der Waals surface area contributed by atoms with Crippen LogP contribution in [0.15, 0.2) is 54.9 Å². The second-order valence-electron chi connectivity index (χ2n) is 5.31. The number of hydrogen-bond acceptors (Lipinski definition) is 3.